The fraction of sp³-hybridized carbons (Fsp3) is 0.591. The van der Waals surface area contributed by atoms with E-state index in [9.17, 15) is 9.90 Å². The molecule has 1 N–H and O–H groups in total. The summed E-state index contributed by atoms with van der Waals surface area (Å²) in [6.07, 6.45) is 5.98. The van der Waals surface area contributed by atoms with Crippen molar-refractivity contribution in [3.05, 3.63) is 29.3 Å². The standard InChI is InChI=1S/C22H31NO3.ClH/c1-3-23(4-2)15-8-9-16-26-21(25)17-19-13-10-14-20(24)22(19)18-11-6-5-7-12-18;/h10,13-14,18,24H,3-7,11-12,15-17H2,1-2H3;1H. The number of phenolic OH excluding ortho intramolecular Hbond substituents is 1. The van der Waals surface area contributed by atoms with Gasteiger partial charge in [0.25, 0.3) is 0 Å². The Labute approximate surface area is 169 Å². The lowest BCUT2D eigenvalue weighted by Gasteiger charge is -2.25. The van der Waals surface area contributed by atoms with Crippen molar-refractivity contribution in [1.29, 1.82) is 0 Å². The number of hydrogen-bond donors (Lipinski definition) is 1. The third-order valence-corrected chi connectivity index (χ3v) is 5.15. The van der Waals surface area contributed by atoms with Crippen LogP contribution in [0.25, 0.3) is 0 Å². The zero-order chi connectivity index (χ0) is 18.8. The normalized spacial score (nSPS) is 14.2. The fourth-order valence-electron chi connectivity index (χ4n) is 3.61. The van der Waals surface area contributed by atoms with Gasteiger partial charge in [-0.15, -0.1) is 12.4 Å². The van der Waals surface area contributed by atoms with E-state index in [4.69, 9.17) is 4.74 Å². The number of hydrogen-bond acceptors (Lipinski definition) is 4. The molecule has 1 fully saturated rings. The van der Waals surface area contributed by atoms with Crippen LogP contribution in [0.4, 0.5) is 0 Å². The SMILES string of the molecule is CCN(CC)CC#CCOC(=O)Cc1cccc(O)c1C1CCCCC1.Cl. The van der Waals surface area contributed by atoms with Crippen molar-refractivity contribution in [3.63, 3.8) is 0 Å². The van der Waals surface area contributed by atoms with Gasteiger partial charge in [-0.3, -0.25) is 9.69 Å². The van der Waals surface area contributed by atoms with Gasteiger partial charge < -0.3 is 9.84 Å². The number of aromatic hydroxyl groups is 1. The Bertz CT molecular complexity index is 641. The molecule has 0 saturated heterocycles. The van der Waals surface area contributed by atoms with Crippen molar-refractivity contribution in [2.45, 2.75) is 58.3 Å². The summed E-state index contributed by atoms with van der Waals surface area (Å²) in [5, 5.41) is 10.3. The van der Waals surface area contributed by atoms with Crippen molar-refractivity contribution >= 4 is 18.4 Å². The van der Waals surface area contributed by atoms with E-state index in [0.717, 1.165) is 37.1 Å². The van der Waals surface area contributed by atoms with E-state index in [1.165, 1.54) is 19.3 Å². The Kier molecular flexibility index (Phi) is 10.9. The van der Waals surface area contributed by atoms with Crippen molar-refractivity contribution in [2.75, 3.05) is 26.2 Å². The van der Waals surface area contributed by atoms with Crippen LogP contribution in [0, 0.1) is 11.8 Å². The maximum absolute atomic E-state index is 12.2. The summed E-state index contributed by atoms with van der Waals surface area (Å²) in [5.41, 5.74) is 1.83. The zero-order valence-electron chi connectivity index (χ0n) is 16.5. The smallest absolute Gasteiger partial charge is 0.311 e. The van der Waals surface area contributed by atoms with Crippen molar-refractivity contribution < 1.29 is 14.6 Å². The molecule has 1 aromatic carbocycles. The second-order valence-corrected chi connectivity index (χ2v) is 6.84. The Balaban J connectivity index is 0.00000364. The van der Waals surface area contributed by atoms with E-state index in [0.29, 0.717) is 18.2 Å². The van der Waals surface area contributed by atoms with E-state index in [2.05, 4.69) is 30.6 Å². The Morgan fingerprint density at radius 2 is 1.89 bits per heavy atom. The number of carbonyl (C=O) groups is 1. The van der Waals surface area contributed by atoms with Gasteiger partial charge in [0.1, 0.15) is 5.75 Å². The minimum atomic E-state index is -0.287. The molecule has 1 aromatic rings. The van der Waals surface area contributed by atoms with Crippen LogP contribution in [0.5, 0.6) is 5.75 Å². The Morgan fingerprint density at radius 1 is 1.19 bits per heavy atom. The number of halogens is 1. The first-order chi connectivity index (χ1) is 12.7. The van der Waals surface area contributed by atoms with Gasteiger partial charge in [0, 0.05) is 5.56 Å². The van der Waals surface area contributed by atoms with Gasteiger partial charge in [-0.05, 0) is 43.5 Å². The summed E-state index contributed by atoms with van der Waals surface area (Å²) in [6.45, 7) is 6.95. The lowest BCUT2D eigenvalue weighted by molar-refractivity contribution is -0.141. The lowest BCUT2D eigenvalue weighted by atomic mass is 9.81. The van der Waals surface area contributed by atoms with Crippen LogP contribution in [-0.2, 0) is 16.0 Å². The highest BCUT2D eigenvalue weighted by molar-refractivity contribution is 5.85. The van der Waals surface area contributed by atoms with Gasteiger partial charge in [-0.1, -0.05) is 57.1 Å². The van der Waals surface area contributed by atoms with Crippen molar-refractivity contribution in [1.82, 2.24) is 4.90 Å². The van der Waals surface area contributed by atoms with E-state index in [-0.39, 0.29) is 31.4 Å². The maximum Gasteiger partial charge on any atom is 0.311 e. The van der Waals surface area contributed by atoms with E-state index in [1.54, 1.807) is 12.1 Å². The highest BCUT2D eigenvalue weighted by Gasteiger charge is 2.22. The van der Waals surface area contributed by atoms with Crippen molar-refractivity contribution in [2.24, 2.45) is 0 Å². The molecule has 1 aliphatic rings. The Morgan fingerprint density at radius 3 is 2.56 bits per heavy atom. The van der Waals surface area contributed by atoms with E-state index in [1.807, 2.05) is 6.07 Å². The first-order valence-corrected chi connectivity index (χ1v) is 9.80. The van der Waals surface area contributed by atoms with Gasteiger partial charge in [0.05, 0.1) is 13.0 Å². The number of carbonyl (C=O) groups excluding carboxylic acids is 1. The van der Waals surface area contributed by atoms with Crippen LogP contribution < -0.4 is 0 Å². The van der Waals surface area contributed by atoms with Crippen LogP contribution in [0.15, 0.2) is 18.2 Å². The molecule has 5 heteroatoms. The first-order valence-electron chi connectivity index (χ1n) is 9.80. The topological polar surface area (TPSA) is 49.8 Å². The molecule has 0 radical (unpaired) electrons. The third kappa shape index (κ3) is 7.44. The largest absolute Gasteiger partial charge is 0.508 e. The number of phenols is 1. The number of esters is 1. The molecule has 150 valence electrons. The number of ether oxygens (including phenoxy) is 1. The summed E-state index contributed by atoms with van der Waals surface area (Å²) in [7, 11) is 0. The van der Waals surface area contributed by atoms with Gasteiger partial charge >= 0.3 is 5.97 Å². The average molecular weight is 394 g/mol. The minimum absolute atomic E-state index is 0. The van der Waals surface area contributed by atoms with Crippen LogP contribution >= 0.6 is 12.4 Å². The molecule has 0 atom stereocenters. The van der Waals surface area contributed by atoms with Gasteiger partial charge in [0.15, 0.2) is 6.61 Å². The summed E-state index contributed by atoms with van der Waals surface area (Å²) < 4.78 is 5.26. The molecular formula is C22H32ClNO3. The molecule has 1 aliphatic carbocycles. The first kappa shape index (κ1) is 23.3. The van der Waals surface area contributed by atoms with Gasteiger partial charge in [-0.25, -0.2) is 0 Å². The molecule has 2 rings (SSSR count). The molecule has 0 bridgehead atoms. The second-order valence-electron chi connectivity index (χ2n) is 6.84. The lowest BCUT2D eigenvalue weighted by Crippen LogP contribution is -2.23. The summed E-state index contributed by atoms with van der Waals surface area (Å²) in [6, 6.07) is 5.45. The maximum atomic E-state index is 12.2. The summed E-state index contributed by atoms with van der Waals surface area (Å²) in [4.78, 5) is 14.4. The molecule has 0 aromatic heterocycles. The molecule has 27 heavy (non-hydrogen) atoms. The molecule has 0 heterocycles. The predicted molar refractivity (Wildman–Crippen MR) is 111 cm³/mol. The molecule has 1 saturated carbocycles. The quantitative estimate of drug-likeness (QED) is 0.554. The number of rotatable bonds is 7. The van der Waals surface area contributed by atoms with Crippen LogP contribution in [0.3, 0.4) is 0 Å². The number of benzene rings is 1. The van der Waals surface area contributed by atoms with Crippen LogP contribution in [-0.4, -0.2) is 42.2 Å². The Hall–Kier alpha value is -1.70. The summed E-state index contributed by atoms with van der Waals surface area (Å²) in [5.74, 6) is 6.31. The monoisotopic (exact) mass is 393 g/mol. The summed E-state index contributed by atoms with van der Waals surface area (Å²) >= 11 is 0. The molecule has 0 spiro atoms. The molecule has 0 aliphatic heterocycles. The third-order valence-electron chi connectivity index (χ3n) is 5.15. The van der Waals surface area contributed by atoms with Gasteiger partial charge in [0.2, 0.25) is 0 Å². The predicted octanol–water partition coefficient (Wildman–Crippen LogP) is 4.29. The highest BCUT2D eigenvalue weighted by Crippen LogP contribution is 2.39. The molecule has 4 nitrogen and oxygen atoms in total. The average Bonchev–Trinajstić information content (AvgIpc) is 2.65. The zero-order valence-corrected chi connectivity index (χ0v) is 17.3. The molecule has 0 unspecified atom stereocenters. The van der Waals surface area contributed by atoms with E-state index < -0.39 is 0 Å². The fourth-order valence-corrected chi connectivity index (χ4v) is 3.61. The second kappa shape index (κ2) is 12.6. The minimum Gasteiger partial charge on any atom is -0.508 e. The van der Waals surface area contributed by atoms with Crippen LogP contribution in [0.1, 0.15) is 63.0 Å². The number of nitrogens with zero attached hydrogens (tertiary/aromatic N) is 1. The van der Waals surface area contributed by atoms with Crippen molar-refractivity contribution in [3.8, 4) is 17.6 Å². The van der Waals surface area contributed by atoms with Crippen LogP contribution in [0.2, 0.25) is 0 Å². The van der Waals surface area contributed by atoms with E-state index >= 15 is 0 Å². The molecular weight excluding hydrogens is 362 g/mol. The van der Waals surface area contributed by atoms with Gasteiger partial charge in [-0.2, -0.15) is 0 Å². The molecule has 0 amide bonds. The highest BCUT2D eigenvalue weighted by atomic mass is 35.5.